The van der Waals surface area contributed by atoms with Crippen LogP contribution in [0.5, 0.6) is 0 Å². The van der Waals surface area contributed by atoms with Gasteiger partial charge in [0.2, 0.25) is 5.91 Å². The Bertz CT molecular complexity index is 970. The largest absolute Gasteiger partial charge is 0.478 e. The standard InChI is InChI=1S/C24H27N3O3/c1-4-5-10-22(27-23(28)16(2)3)20(24(29)30)13-17-11-12-21(26-15-17)19-9-7-6-8-18(19)14-25/h6-9,11-12,15-16H,4-5,10,13H2,1-3H3,(H,27,28)(H,29,30)/b22-20-. The van der Waals surface area contributed by atoms with Crippen LogP contribution >= 0.6 is 0 Å². The number of hydrogen-bond donors (Lipinski definition) is 2. The highest BCUT2D eigenvalue weighted by molar-refractivity contribution is 5.90. The molecule has 0 saturated carbocycles. The second kappa shape index (κ2) is 10.9. The maximum atomic E-state index is 12.2. The molecule has 0 saturated heterocycles. The SMILES string of the molecule is CCCC/C(NC(=O)C(C)C)=C(\Cc1ccc(-c2ccccc2C#N)nc1)C(=O)O. The van der Waals surface area contributed by atoms with Gasteiger partial charge in [-0.1, -0.05) is 51.5 Å². The number of aliphatic carboxylic acids is 1. The average Bonchev–Trinajstić information content (AvgIpc) is 2.75. The van der Waals surface area contributed by atoms with Crippen LogP contribution in [0.2, 0.25) is 0 Å². The summed E-state index contributed by atoms with van der Waals surface area (Å²) in [6.45, 7) is 5.56. The number of nitrogens with one attached hydrogen (secondary N) is 1. The summed E-state index contributed by atoms with van der Waals surface area (Å²) in [5.74, 6) is -1.48. The Morgan fingerprint density at radius 1 is 1.20 bits per heavy atom. The zero-order valence-electron chi connectivity index (χ0n) is 17.6. The van der Waals surface area contributed by atoms with E-state index in [1.54, 1.807) is 44.3 Å². The molecule has 6 heteroatoms. The van der Waals surface area contributed by atoms with Crippen molar-refractivity contribution in [1.29, 1.82) is 5.26 Å². The molecule has 1 amide bonds. The third-order valence-corrected chi connectivity index (χ3v) is 4.73. The minimum absolute atomic E-state index is 0.153. The number of carboxylic acids is 1. The first-order valence-electron chi connectivity index (χ1n) is 10.1. The van der Waals surface area contributed by atoms with Crippen molar-refractivity contribution in [1.82, 2.24) is 10.3 Å². The number of hydrogen-bond acceptors (Lipinski definition) is 4. The lowest BCUT2D eigenvalue weighted by Crippen LogP contribution is -2.29. The fourth-order valence-corrected chi connectivity index (χ4v) is 2.94. The van der Waals surface area contributed by atoms with Gasteiger partial charge in [-0.05, 0) is 30.5 Å². The highest BCUT2D eigenvalue weighted by Gasteiger charge is 2.19. The highest BCUT2D eigenvalue weighted by Crippen LogP contribution is 2.22. The van der Waals surface area contributed by atoms with Gasteiger partial charge in [0, 0.05) is 29.8 Å². The molecule has 1 heterocycles. The van der Waals surface area contributed by atoms with Crippen molar-refractivity contribution in [3.05, 3.63) is 65.0 Å². The summed E-state index contributed by atoms with van der Waals surface area (Å²) in [6, 6.07) is 12.9. The van der Waals surface area contributed by atoms with Crippen LogP contribution in [-0.4, -0.2) is 22.0 Å². The van der Waals surface area contributed by atoms with E-state index >= 15 is 0 Å². The Morgan fingerprint density at radius 2 is 1.93 bits per heavy atom. The second-order valence-corrected chi connectivity index (χ2v) is 7.40. The monoisotopic (exact) mass is 405 g/mol. The zero-order chi connectivity index (χ0) is 22.1. The van der Waals surface area contributed by atoms with Crippen LogP contribution in [0.3, 0.4) is 0 Å². The van der Waals surface area contributed by atoms with Crippen molar-refractivity contribution >= 4 is 11.9 Å². The van der Waals surface area contributed by atoms with Gasteiger partial charge in [-0.3, -0.25) is 9.78 Å². The lowest BCUT2D eigenvalue weighted by molar-refractivity contribution is -0.132. The number of aromatic nitrogens is 1. The van der Waals surface area contributed by atoms with Gasteiger partial charge in [-0.15, -0.1) is 0 Å². The van der Waals surface area contributed by atoms with E-state index < -0.39 is 5.97 Å². The normalized spacial score (nSPS) is 11.6. The van der Waals surface area contributed by atoms with Crippen molar-refractivity contribution in [3.63, 3.8) is 0 Å². The van der Waals surface area contributed by atoms with E-state index in [-0.39, 0.29) is 23.8 Å². The zero-order valence-corrected chi connectivity index (χ0v) is 17.6. The minimum atomic E-state index is -1.05. The van der Waals surface area contributed by atoms with Crippen LogP contribution in [0.1, 0.15) is 51.2 Å². The summed E-state index contributed by atoms with van der Waals surface area (Å²) < 4.78 is 0. The topological polar surface area (TPSA) is 103 Å². The van der Waals surface area contributed by atoms with Crippen molar-refractivity contribution < 1.29 is 14.7 Å². The number of unbranched alkanes of at least 4 members (excludes halogenated alkanes) is 1. The molecule has 0 aliphatic carbocycles. The predicted octanol–water partition coefficient (Wildman–Crippen LogP) is 4.46. The molecule has 1 aromatic heterocycles. The quantitative estimate of drug-likeness (QED) is 0.599. The number of allylic oxidation sites excluding steroid dienone is 1. The van der Waals surface area contributed by atoms with Crippen LogP contribution in [0.15, 0.2) is 53.9 Å². The van der Waals surface area contributed by atoms with Crippen molar-refractivity contribution in [2.24, 2.45) is 5.92 Å². The first-order valence-corrected chi connectivity index (χ1v) is 10.1. The first-order chi connectivity index (χ1) is 14.4. The molecule has 6 nitrogen and oxygen atoms in total. The molecule has 1 aromatic carbocycles. The molecule has 0 spiro atoms. The molecule has 30 heavy (non-hydrogen) atoms. The molecule has 0 bridgehead atoms. The summed E-state index contributed by atoms with van der Waals surface area (Å²) in [5.41, 5.74) is 3.26. The molecule has 2 aromatic rings. The van der Waals surface area contributed by atoms with Gasteiger partial charge in [0.15, 0.2) is 0 Å². The molecule has 0 aliphatic heterocycles. The van der Waals surface area contributed by atoms with E-state index in [1.165, 1.54) is 0 Å². The number of carboxylic acid groups (broad SMARTS) is 1. The van der Waals surface area contributed by atoms with E-state index in [2.05, 4.69) is 16.4 Å². The number of benzene rings is 1. The van der Waals surface area contributed by atoms with Gasteiger partial charge >= 0.3 is 5.97 Å². The smallest absolute Gasteiger partial charge is 0.333 e. The molecular weight excluding hydrogens is 378 g/mol. The molecule has 0 aliphatic rings. The Kier molecular flexibility index (Phi) is 8.30. The molecule has 2 N–H and O–H groups in total. The number of carbonyl (C=O) groups is 2. The number of carbonyl (C=O) groups excluding carboxylic acids is 1. The van der Waals surface area contributed by atoms with Gasteiger partial charge in [0.05, 0.1) is 22.9 Å². The van der Waals surface area contributed by atoms with Gasteiger partial charge in [0.1, 0.15) is 0 Å². The maximum absolute atomic E-state index is 12.2. The average molecular weight is 405 g/mol. The van der Waals surface area contributed by atoms with Crippen molar-refractivity contribution in [3.8, 4) is 17.3 Å². The summed E-state index contributed by atoms with van der Waals surface area (Å²) in [7, 11) is 0. The molecule has 0 fully saturated rings. The number of nitriles is 1. The van der Waals surface area contributed by atoms with Crippen LogP contribution in [-0.2, 0) is 16.0 Å². The third-order valence-electron chi connectivity index (χ3n) is 4.73. The van der Waals surface area contributed by atoms with Crippen molar-refractivity contribution in [2.75, 3.05) is 0 Å². The fourth-order valence-electron chi connectivity index (χ4n) is 2.94. The summed E-state index contributed by atoms with van der Waals surface area (Å²) in [5, 5.41) is 21.9. The fraction of sp³-hybridized carbons (Fsp3) is 0.333. The van der Waals surface area contributed by atoms with Crippen LogP contribution in [0, 0.1) is 17.2 Å². The number of nitrogens with zero attached hydrogens (tertiary/aromatic N) is 2. The minimum Gasteiger partial charge on any atom is -0.478 e. The van der Waals surface area contributed by atoms with Crippen LogP contribution in [0.4, 0.5) is 0 Å². The lowest BCUT2D eigenvalue weighted by atomic mass is 10.00. The van der Waals surface area contributed by atoms with E-state index in [1.807, 2.05) is 19.1 Å². The molecule has 0 atom stereocenters. The van der Waals surface area contributed by atoms with Gasteiger partial charge in [0.25, 0.3) is 0 Å². The van der Waals surface area contributed by atoms with E-state index in [9.17, 15) is 20.0 Å². The maximum Gasteiger partial charge on any atom is 0.333 e. The molecule has 2 rings (SSSR count). The summed E-state index contributed by atoms with van der Waals surface area (Å²) in [6.07, 6.45) is 3.95. The van der Waals surface area contributed by atoms with Gasteiger partial charge < -0.3 is 10.4 Å². The first kappa shape index (κ1) is 22.8. The van der Waals surface area contributed by atoms with Crippen LogP contribution < -0.4 is 5.32 Å². The van der Waals surface area contributed by atoms with Crippen molar-refractivity contribution in [2.45, 2.75) is 46.5 Å². The number of amides is 1. The van der Waals surface area contributed by atoms with E-state index in [4.69, 9.17) is 0 Å². The van der Waals surface area contributed by atoms with E-state index in [0.717, 1.165) is 24.0 Å². The highest BCUT2D eigenvalue weighted by atomic mass is 16.4. The van der Waals surface area contributed by atoms with Gasteiger partial charge in [-0.25, -0.2) is 4.79 Å². The Labute approximate surface area is 177 Å². The summed E-state index contributed by atoms with van der Waals surface area (Å²) >= 11 is 0. The Hall–Kier alpha value is -3.46. The predicted molar refractivity (Wildman–Crippen MR) is 115 cm³/mol. The lowest BCUT2D eigenvalue weighted by Gasteiger charge is -2.16. The third kappa shape index (κ3) is 6.02. The molecule has 0 radical (unpaired) electrons. The molecule has 156 valence electrons. The molecule has 0 unspecified atom stereocenters. The van der Waals surface area contributed by atoms with Gasteiger partial charge in [-0.2, -0.15) is 5.26 Å². The molecular formula is C24H27N3O3. The Morgan fingerprint density at radius 3 is 2.50 bits per heavy atom. The Balaban J connectivity index is 2.34. The number of pyridine rings is 1. The van der Waals surface area contributed by atoms with Crippen LogP contribution in [0.25, 0.3) is 11.3 Å². The summed E-state index contributed by atoms with van der Waals surface area (Å²) in [4.78, 5) is 28.6. The second-order valence-electron chi connectivity index (χ2n) is 7.40. The van der Waals surface area contributed by atoms with E-state index in [0.29, 0.717) is 23.4 Å². The number of rotatable bonds is 9.